The smallest absolute Gasteiger partial charge is 0.293 e. The van der Waals surface area contributed by atoms with Gasteiger partial charge in [0.1, 0.15) is 17.4 Å². The van der Waals surface area contributed by atoms with E-state index in [1.54, 1.807) is 19.4 Å². The first-order valence-corrected chi connectivity index (χ1v) is 8.19. The molecule has 0 spiro atoms. The molecule has 0 bridgehead atoms. The molecule has 0 N–H and O–H groups in total. The minimum absolute atomic E-state index is 0.0396. The van der Waals surface area contributed by atoms with E-state index in [0.29, 0.717) is 31.7 Å². The molecule has 132 valence electrons. The van der Waals surface area contributed by atoms with Gasteiger partial charge in [0, 0.05) is 50.9 Å². The van der Waals surface area contributed by atoms with Crippen molar-refractivity contribution in [1.82, 2.24) is 9.55 Å². The molecule has 0 unspecified atom stereocenters. The van der Waals surface area contributed by atoms with Gasteiger partial charge in [-0.2, -0.15) is 0 Å². The predicted octanol–water partition coefficient (Wildman–Crippen LogP) is 2.09. The van der Waals surface area contributed by atoms with Crippen molar-refractivity contribution in [1.29, 1.82) is 0 Å². The first-order chi connectivity index (χ1) is 12.0. The fourth-order valence-corrected chi connectivity index (χ4v) is 3.11. The van der Waals surface area contributed by atoms with Crippen molar-refractivity contribution in [2.24, 2.45) is 13.0 Å². The van der Waals surface area contributed by atoms with Crippen molar-refractivity contribution in [2.75, 3.05) is 18.0 Å². The SMILES string of the molecule is Cn1ccnc(N2CCC(C(=O)Cc3ccc(F)cc3F)CC2)c1=O. The fraction of sp³-hybridized carbons (Fsp3) is 0.389. The zero-order valence-electron chi connectivity index (χ0n) is 13.9. The van der Waals surface area contributed by atoms with Gasteiger partial charge in [0.05, 0.1) is 0 Å². The van der Waals surface area contributed by atoms with Gasteiger partial charge < -0.3 is 9.47 Å². The van der Waals surface area contributed by atoms with Crippen molar-refractivity contribution < 1.29 is 13.6 Å². The molecule has 1 aromatic carbocycles. The van der Waals surface area contributed by atoms with Crippen LogP contribution in [0, 0.1) is 17.6 Å². The number of anilines is 1. The number of nitrogens with zero attached hydrogens (tertiary/aromatic N) is 3. The molecular weight excluding hydrogens is 328 g/mol. The highest BCUT2D eigenvalue weighted by Crippen LogP contribution is 2.22. The van der Waals surface area contributed by atoms with Crippen LogP contribution in [-0.4, -0.2) is 28.4 Å². The Labute approximate surface area is 143 Å². The highest BCUT2D eigenvalue weighted by atomic mass is 19.1. The van der Waals surface area contributed by atoms with Crippen LogP contribution in [0.3, 0.4) is 0 Å². The van der Waals surface area contributed by atoms with Gasteiger partial charge in [-0.25, -0.2) is 13.8 Å². The Morgan fingerprint density at radius 1 is 1.28 bits per heavy atom. The number of ketones is 1. The summed E-state index contributed by atoms with van der Waals surface area (Å²) in [5.41, 5.74) is 0.0492. The van der Waals surface area contributed by atoms with Crippen LogP contribution in [0.5, 0.6) is 0 Å². The number of hydrogen-bond donors (Lipinski definition) is 0. The third kappa shape index (κ3) is 3.75. The third-order valence-electron chi connectivity index (χ3n) is 4.63. The Morgan fingerprint density at radius 3 is 2.68 bits per heavy atom. The summed E-state index contributed by atoms with van der Waals surface area (Å²) in [6, 6.07) is 3.27. The van der Waals surface area contributed by atoms with Crippen LogP contribution in [0.2, 0.25) is 0 Å². The quantitative estimate of drug-likeness (QED) is 0.850. The van der Waals surface area contributed by atoms with Crippen LogP contribution >= 0.6 is 0 Å². The Morgan fingerprint density at radius 2 is 2.00 bits per heavy atom. The third-order valence-corrected chi connectivity index (χ3v) is 4.63. The van der Waals surface area contributed by atoms with E-state index in [1.807, 2.05) is 4.90 Å². The Balaban J connectivity index is 1.63. The summed E-state index contributed by atoms with van der Waals surface area (Å²) in [5, 5.41) is 0. The summed E-state index contributed by atoms with van der Waals surface area (Å²) in [4.78, 5) is 30.5. The van der Waals surface area contributed by atoms with Gasteiger partial charge in [-0.1, -0.05) is 6.07 Å². The largest absolute Gasteiger partial charge is 0.352 e. The molecule has 3 rings (SSSR count). The molecule has 0 amide bonds. The number of aryl methyl sites for hydroxylation is 1. The minimum Gasteiger partial charge on any atom is -0.352 e. The lowest BCUT2D eigenvalue weighted by Crippen LogP contribution is -2.40. The Kier molecular flexibility index (Phi) is 4.92. The van der Waals surface area contributed by atoms with E-state index >= 15 is 0 Å². The van der Waals surface area contributed by atoms with E-state index in [9.17, 15) is 18.4 Å². The van der Waals surface area contributed by atoms with Gasteiger partial charge in [-0.15, -0.1) is 0 Å². The standard InChI is InChI=1S/C18H19F2N3O2/c1-22-9-6-21-17(18(22)25)23-7-4-12(5-8-23)16(24)10-13-2-3-14(19)11-15(13)20/h2-3,6,9,11-12H,4-5,7-8,10H2,1H3. The molecule has 5 nitrogen and oxygen atoms in total. The topological polar surface area (TPSA) is 55.2 Å². The molecule has 0 aliphatic carbocycles. The average Bonchev–Trinajstić information content (AvgIpc) is 2.60. The molecule has 0 radical (unpaired) electrons. The van der Waals surface area contributed by atoms with Crippen LogP contribution < -0.4 is 10.5 Å². The van der Waals surface area contributed by atoms with Gasteiger partial charge in [0.25, 0.3) is 5.56 Å². The van der Waals surface area contributed by atoms with E-state index in [-0.39, 0.29) is 29.2 Å². The van der Waals surface area contributed by atoms with Crippen molar-refractivity contribution in [2.45, 2.75) is 19.3 Å². The first-order valence-electron chi connectivity index (χ1n) is 8.19. The fourth-order valence-electron chi connectivity index (χ4n) is 3.11. The normalized spacial score (nSPS) is 15.4. The number of benzene rings is 1. The number of hydrogen-bond acceptors (Lipinski definition) is 4. The van der Waals surface area contributed by atoms with Crippen molar-refractivity contribution in [3.05, 3.63) is 58.1 Å². The second kappa shape index (κ2) is 7.13. The van der Waals surface area contributed by atoms with E-state index in [4.69, 9.17) is 0 Å². The number of carbonyl (C=O) groups excluding carboxylic acids is 1. The van der Waals surface area contributed by atoms with Gasteiger partial charge in [0.2, 0.25) is 0 Å². The van der Waals surface area contributed by atoms with Crippen molar-refractivity contribution >= 4 is 11.6 Å². The summed E-state index contributed by atoms with van der Waals surface area (Å²) < 4.78 is 28.1. The number of Topliss-reactive ketones (excluding diaryl/α,β-unsaturated/α-hetero) is 1. The summed E-state index contributed by atoms with van der Waals surface area (Å²) in [7, 11) is 1.67. The van der Waals surface area contributed by atoms with Crippen LogP contribution in [-0.2, 0) is 18.3 Å². The molecule has 1 fully saturated rings. The van der Waals surface area contributed by atoms with Crippen LogP contribution in [0.1, 0.15) is 18.4 Å². The van der Waals surface area contributed by atoms with Gasteiger partial charge in [-0.3, -0.25) is 9.59 Å². The van der Waals surface area contributed by atoms with Gasteiger partial charge in [-0.05, 0) is 24.5 Å². The van der Waals surface area contributed by atoms with Crippen molar-refractivity contribution in [3.63, 3.8) is 0 Å². The molecule has 1 aliphatic heterocycles. The average molecular weight is 347 g/mol. The lowest BCUT2D eigenvalue weighted by molar-refractivity contribution is -0.122. The van der Waals surface area contributed by atoms with Crippen LogP contribution in [0.15, 0.2) is 35.4 Å². The second-order valence-electron chi connectivity index (χ2n) is 6.31. The molecule has 1 aliphatic rings. The van der Waals surface area contributed by atoms with Gasteiger partial charge in [0.15, 0.2) is 5.82 Å². The maximum absolute atomic E-state index is 13.7. The summed E-state index contributed by atoms with van der Waals surface area (Å²) >= 11 is 0. The molecule has 0 saturated carbocycles. The lowest BCUT2D eigenvalue weighted by atomic mass is 9.89. The zero-order valence-corrected chi connectivity index (χ0v) is 13.9. The van der Waals surface area contributed by atoms with E-state index in [1.165, 1.54) is 10.6 Å². The number of carbonyl (C=O) groups is 1. The zero-order chi connectivity index (χ0) is 18.0. The van der Waals surface area contributed by atoms with Gasteiger partial charge >= 0.3 is 0 Å². The number of aromatic nitrogens is 2. The summed E-state index contributed by atoms with van der Waals surface area (Å²) in [5.74, 6) is -1.20. The minimum atomic E-state index is -0.692. The van der Waals surface area contributed by atoms with E-state index in [2.05, 4.69) is 4.98 Å². The number of piperidine rings is 1. The highest BCUT2D eigenvalue weighted by molar-refractivity contribution is 5.83. The lowest BCUT2D eigenvalue weighted by Gasteiger charge is -2.31. The first kappa shape index (κ1) is 17.3. The number of halogens is 2. The number of rotatable bonds is 4. The molecule has 2 heterocycles. The van der Waals surface area contributed by atoms with E-state index in [0.717, 1.165) is 12.1 Å². The second-order valence-corrected chi connectivity index (χ2v) is 6.31. The summed E-state index contributed by atoms with van der Waals surface area (Å²) in [6.45, 7) is 1.10. The Bertz CT molecular complexity index is 842. The highest BCUT2D eigenvalue weighted by Gasteiger charge is 2.27. The maximum Gasteiger partial charge on any atom is 0.293 e. The van der Waals surface area contributed by atoms with Crippen LogP contribution in [0.25, 0.3) is 0 Å². The maximum atomic E-state index is 13.7. The molecule has 0 atom stereocenters. The molecule has 7 heteroatoms. The van der Waals surface area contributed by atoms with E-state index < -0.39 is 11.6 Å². The molecule has 25 heavy (non-hydrogen) atoms. The van der Waals surface area contributed by atoms with Crippen LogP contribution in [0.4, 0.5) is 14.6 Å². The predicted molar refractivity (Wildman–Crippen MR) is 89.5 cm³/mol. The molecule has 1 aromatic heterocycles. The summed E-state index contributed by atoms with van der Waals surface area (Å²) in [6.07, 6.45) is 4.30. The Hall–Kier alpha value is -2.57. The van der Waals surface area contributed by atoms with Crippen molar-refractivity contribution in [3.8, 4) is 0 Å². The molecular formula is C18H19F2N3O2. The molecule has 2 aromatic rings. The monoisotopic (exact) mass is 347 g/mol. The molecule has 1 saturated heterocycles.